The van der Waals surface area contributed by atoms with E-state index in [1.54, 1.807) is 17.7 Å². The van der Waals surface area contributed by atoms with Gasteiger partial charge in [0.2, 0.25) is 0 Å². The van der Waals surface area contributed by atoms with Crippen LogP contribution in [-0.4, -0.2) is 21.5 Å². The van der Waals surface area contributed by atoms with Gasteiger partial charge in [0, 0.05) is 29.4 Å². The molecule has 4 heterocycles. The van der Waals surface area contributed by atoms with Crippen molar-refractivity contribution in [2.24, 2.45) is 0 Å². The zero-order chi connectivity index (χ0) is 16.1. The van der Waals surface area contributed by atoms with Gasteiger partial charge < -0.3 is 14.3 Å². The summed E-state index contributed by atoms with van der Waals surface area (Å²) >= 11 is 1.67. The van der Waals surface area contributed by atoms with Crippen LogP contribution in [0.5, 0.6) is 0 Å². The van der Waals surface area contributed by atoms with E-state index in [-0.39, 0.29) is 6.04 Å². The highest BCUT2D eigenvalue weighted by molar-refractivity contribution is 7.13. The fourth-order valence-electron chi connectivity index (χ4n) is 3.38. The van der Waals surface area contributed by atoms with E-state index < -0.39 is 0 Å². The number of benzene rings is 1. The maximum absolute atomic E-state index is 6.17. The Kier molecular flexibility index (Phi) is 2.99. The van der Waals surface area contributed by atoms with Crippen molar-refractivity contribution in [1.82, 2.24) is 15.0 Å². The van der Waals surface area contributed by atoms with E-state index in [1.165, 1.54) is 5.69 Å². The Morgan fingerprint density at radius 3 is 3.08 bits per heavy atom. The molecule has 0 unspecified atom stereocenters. The van der Waals surface area contributed by atoms with Gasteiger partial charge in [0.1, 0.15) is 17.4 Å². The number of thiazole rings is 1. The molecule has 4 aromatic rings. The van der Waals surface area contributed by atoms with Gasteiger partial charge in [-0.1, -0.05) is 18.2 Å². The lowest BCUT2D eigenvalue weighted by Crippen LogP contribution is -2.36. The van der Waals surface area contributed by atoms with Crippen LogP contribution in [0.4, 0.5) is 5.13 Å². The van der Waals surface area contributed by atoms with Crippen molar-refractivity contribution in [3.63, 3.8) is 0 Å². The lowest BCUT2D eigenvalue weighted by Gasteiger charge is -2.33. The third-order valence-corrected chi connectivity index (χ3v) is 5.49. The Labute approximate surface area is 143 Å². The van der Waals surface area contributed by atoms with Crippen molar-refractivity contribution >= 4 is 27.4 Å². The lowest BCUT2D eigenvalue weighted by molar-refractivity contribution is 0.487. The molecule has 1 aromatic carbocycles. The number of fused-ring (bicyclic) bond motifs is 2. The molecule has 5 rings (SSSR count). The van der Waals surface area contributed by atoms with Crippen LogP contribution in [0.1, 0.15) is 28.9 Å². The Hall–Kier alpha value is -2.60. The van der Waals surface area contributed by atoms with E-state index in [2.05, 4.69) is 37.4 Å². The number of aromatic nitrogens is 3. The first-order valence-electron chi connectivity index (χ1n) is 7.99. The largest absolute Gasteiger partial charge is 0.458 e. The molecule has 120 valence electrons. The molecule has 1 aliphatic rings. The lowest BCUT2D eigenvalue weighted by atomic mass is 10.0. The van der Waals surface area contributed by atoms with E-state index in [9.17, 15) is 0 Å². The molecular weight excluding hydrogens is 320 g/mol. The molecule has 24 heavy (non-hydrogen) atoms. The topological polar surface area (TPSA) is 58.0 Å². The van der Waals surface area contributed by atoms with E-state index in [4.69, 9.17) is 4.42 Å². The molecule has 0 amide bonds. The Morgan fingerprint density at radius 2 is 2.25 bits per heavy atom. The number of nitrogens with zero attached hydrogens (tertiary/aromatic N) is 3. The number of rotatable bonds is 2. The summed E-state index contributed by atoms with van der Waals surface area (Å²) in [6.07, 6.45) is 2.71. The number of para-hydroxylation sites is 1. The van der Waals surface area contributed by atoms with Crippen LogP contribution in [0.15, 0.2) is 46.5 Å². The predicted molar refractivity (Wildman–Crippen MR) is 94.5 cm³/mol. The van der Waals surface area contributed by atoms with Gasteiger partial charge in [0.25, 0.3) is 0 Å². The van der Waals surface area contributed by atoms with E-state index in [1.807, 2.05) is 25.1 Å². The fourth-order valence-corrected chi connectivity index (χ4v) is 4.24. The number of anilines is 1. The second kappa shape index (κ2) is 5.21. The fraction of sp³-hybridized carbons (Fsp3) is 0.222. The number of furan rings is 1. The molecule has 0 aliphatic carbocycles. The SMILES string of the molecule is Cc1csc(N2CCc3[nH]cnc3[C@@H]2c2cc3ccccc3o2)n1. The number of hydrogen-bond acceptors (Lipinski definition) is 5. The van der Waals surface area contributed by atoms with E-state index in [0.717, 1.165) is 46.2 Å². The van der Waals surface area contributed by atoms with Crippen molar-refractivity contribution in [2.75, 3.05) is 11.4 Å². The summed E-state index contributed by atoms with van der Waals surface area (Å²) in [4.78, 5) is 14.8. The monoisotopic (exact) mass is 336 g/mol. The summed E-state index contributed by atoms with van der Waals surface area (Å²) in [5.41, 5.74) is 4.18. The van der Waals surface area contributed by atoms with E-state index in [0.29, 0.717) is 0 Å². The highest BCUT2D eigenvalue weighted by Gasteiger charge is 2.34. The standard InChI is InChI=1S/C18H16N4OS/c1-11-9-24-18(21-11)22-7-6-13-16(20-10-19-13)17(22)15-8-12-4-2-3-5-14(12)23-15/h2-5,8-10,17H,6-7H2,1H3,(H,19,20)/t17-/m0/s1. The minimum atomic E-state index is -0.0436. The summed E-state index contributed by atoms with van der Waals surface area (Å²) in [5, 5.41) is 4.22. The first-order chi connectivity index (χ1) is 11.8. The first-order valence-corrected chi connectivity index (χ1v) is 8.87. The van der Waals surface area contributed by atoms with Gasteiger partial charge in [-0.2, -0.15) is 0 Å². The van der Waals surface area contributed by atoms with Gasteiger partial charge in [-0.05, 0) is 19.1 Å². The van der Waals surface area contributed by atoms with Crippen LogP contribution in [-0.2, 0) is 6.42 Å². The van der Waals surface area contributed by atoms with Gasteiger partial charge >= 0.3 is 0 Å². The average Bonchev–Trinajstić information content (AvgIpc) is 3.32. The summed E-state index contributed by atoms with van der Waals surface area (Å²) in [5.74, 6) is 0.914. The molecule has 0 radical (unpaired) electrons. The van der Waals surface area contributed by atoms with Gasteiger partial charge in [0.15, 0.2) is 5.13 Å². The second-order valence-corrected chi connectivity index (χ2v) is 6.91. The molecular formula is C18H16N4OS. The number of nitrogens with one attached hydrogen (secondary N) is 1. The number of aryl methyl sites for hydroxylation is 1. The molecule has 6 heteroatoms. The minimum absolute atomic E-state index is 0.0436. The summed E-state index contributed by atoms with van der Waals surface area (Å²) < 4.78 is 6.17. The van der Waals surface area contributed by atoms with Crippen LogP contribution in [0.3, 0.4) is 0 Å². The molecule has 3 aromatic heterocycles. The molecule has 1 aliphatic heterocycles. The molecule has 0 saturated heterocycles. The van der Waals surface area contributed by atoms with Crippen molar-refractivity contribution in [2.45, 2.75) is 19.4 Å². The number of hydrogen-bond donors (Lipinski definition) is 1. The molecule has 5 nitrogen and oxygen atoms in total. The van der Waals surface area contributed by atoms with Crippen molar-refractivity contribution in [3.8, 4) is 0 Å². The smallest absolute Gasteiger partial charge is 0.186 e. The van der Waals surface area contributed by atoms with Gasteiger partial charge in [-0.15, -0.1) is 11.3 Å². The summed E-state index contributed by atoms with van der Waals surface area (Å²) in [7, 11) is 0. The van der Waals surface area contributed by atoms with Crippen LogP contribution in [0.2, 0.25) is 0 Å². The average molecular weight is 336 g/mol. The third kappa shape index (κ3) is 2.06. The Morgan fingerprint density at radius 1 is 1.33 bits per heavy atom. The maximum atomic E-state index is 6.17. The molecule has 0 saturated carbocycles. The molecule has 1 atom stereocenters. The highest BCUT2D eigenvalue weighted by atomic mass is 32.1. The minimum Gasteiger partial charge on any atom is -0.458 e. The Bertz CT molecular complexity index is 982. The number of aromatic amines is 1. The van der Waals surface area contributed by atoms with Gasteiger partial charge in [-0.3, -0.25) is 0 Å². The maximum Gasteiger partial charge on any atom is 0.186 e. The van der Waals surface area contributed by atoms with Crippen LogP contribution >= 0.6 is 11.3 Å². The molecule has 1 N–H and O–H groups in total. The normalized spacial score (nSPS) is 17.4. The van der Waals surface area contributed by atoms with Crippen molar-refractivity contribution in [3.05, 3.63) is 64.9 Å². The van der Waals surface area contributed by atoms with Crippen LogP contribution < -0.4 is 4.90 Å². The molecule has 0 fully saturated rings. The van der Waals surface area contributed by atoms with Crippen molar-refractivity contribution < 1.29 is 4.42 Å². The molecule has 0 bridgehead atoms. The van der Waals surface area contributed by atoms with Crippen LogP contribution in [0, 0.1) is 6.92 Å². The summed E-state index contributed by atoms with van der Waals surface area (Å²) in [6.45, 7) is 2.92. The van der Waals surface area contributed by atoms with Gasteiger partial charge in [-0.25, -0.2) is 9.97 Å². The highest BCUT2D eigenvalue weighted by Crippen LogP contribution is 2.39. The van der Waals surface area contributed by atoms with E-state index >= 15 is 0 Å². The van der Waals surface area contributed by atoms with Crippen molar-refractivity contribution in [1.29, 1.82) is 0 Å². The van der Waals surface area contributed by atoms with Crippen LogP contribution in [0.25, 0.3) is 11.0 Å². The zero-order valence-electron chi connectivity index (χ0n) is 13.2. The van der Waals surface area contributed by atoms with Gasteiger partial charge in [0.05, 0.1) is 17.7 Å². The molecule has 0 spiro atoms. The third-order valence-electron chi connectivity index (χ3n) is 4.49. The zero-order valence-corrected chi connectivity index (χ0v) is 14.0. The Balaban J connectivity index is 1.68. The second-order valence-electron chi connectivity index (χ2n) is 6.07. The summed E-state index contributed by atoms with van der Waals surface area (Å²) in [6, 6.07) is 10.2. The number of imidazole rings is 1. The number of H-pyrrole nitrogens is 1. The quantitative estimate of drug-likeness (QED) is 0.599. The first kappa shape index (κ1) is 13.8. The predicted octanol–water partition coefficient (Wildman–Crippen LogP) is 4.07.